The van der Waals surface area contributed by atoms with E-state index in [2.05, 4.69) is 51.5 Å². The molecule has 26 heavy (non-hydrogen) atoms. The minimum Gasteiger partial charge on any atom is -0.490 e. The largest absolute Gasteiger partial charge is 0.490 e. The molecule has 2 aliphatic heterocycles. The van der Waals surface area contributed by atoms with Crippen LogP contribution in [0.2, 0.25) is 0 Å². The van der Waals surface area contributed by atoms with Crippen molar-refractivity contribution in [3.05, 3.63) is 30.0 Å². The number of nitrogens with zero attached hydrogens (tertiary/aromatic N) is 2. The van der Waals surface area contributed by atoms with Gasteiger partial charge in [-0.15, -0.1) is 0 Å². The van der Waals surface area contributed by atoms with Gasteiger partial charge in [-0.3, -0.25) is 5.32 Å². The van der Waals surface area contributed by atoms with Crippen molar-refractivity contribution in [2.24, 2.45) is 0 Å². The molecule has 142 valence electrons. The number of hydrogen-bond donors (Lipinski definition) is 2. The minimum atomic E-state index is 0.180. The fraction of sp³-hybridized carbons (Fsp3) is 0.600. The van der Waals surface area contributed by atoms with Crippen LogP contribution in [0.15, 0.2) is 24.4 Å². The van der Waals surface area contributed by atoms with Crippen LogP contribution in [0.1, 0.15) is 12.0 Å². The molecule has 0 spiro atoms. The third-order valence-corrected chi connectivity index (χ3v) is 5.53. The second-order valence-electron chi connectivity index (χ2n) is 7.42. The first-order valence-corrected chi connectivity index (χ1v) is 9.74. The molecule has 2 aliphatic rings. The summed E-state index contributed by atoms with van der Waals surface area (Å²) in [7, 11) is 2.20. The molecule has 0 saturated carbocycles. The second-order valence-corrected chi connectivity index (χ2v) is 7.42. The van der Waals surface area contributed by atoms with Crippen LogP contribution in [0.5, 0.6) is 5.75 Å². The molecule has 6 nitrogen and oxygen atoms in total. The number of aromatic amines is 1. The van der Waals surface area contributed by atoms with Crippen LogP contribution in [-0.2, 0) is 11.2 Å². The van der Waals surface area contributed by atoms with Gasteiger partial charge in [-0.2, -0.15) is 0 Å². The molecular formula is C20H30N4O2. The van der Waals surface area contributed by atoms with E-state index in [1.165, 1.54) is 24.0 Å². The lowest BCUT2D eigenvalue weighted by molar-refractivity contribution is -0.0178. The third kappa shape index (κ3) is 4.20. The number of rotatable bonds is 6. The van der Waals surface area contributed by atoms with E-state index in [1.54, 1.807) is 0 Å². The number of ether oxygens (including phenoxy) is 2. The highest BCUT2D eigenvalue weighted by molar-refractivity contribution is 5.89. The molecule has 0 radical (unpaired) electrons. The smallest absolute Gasteiger partial charge is 0.129 e. The quantitative estimate of drug-likeness (QED) is 0.823. The summed E-state index contributed by atoms with van der Waals surface area (Å²) >= 11 is 0. The van der Waals surface area contributed by atoms with Gasteiger partial charge in [-0.05, 0) is 44.1 Å². The first kappa shape index (κ1) is 17.8. The Labute approximate surface area is 155 Å². The second kappa shape index (κ2) is 8.39. The number of fused-ring (bicyclic) bond motifs is 1. The highest BCUT2D eigenvalue weighted by Crippen LogP contribution is 2.29. The van der Waals surface area contributed by atoms with Gasteiger partial charge in [0.1, 0.15) is 12.4 Å². The molecule has 2 aromatic rings. The Morgan fingerprint density at radius 1 is 1.23 bits per heavy atom. The van der Waals surface area contributed by atoms with Crippen molar-refractivity contribution in [1.82, 2.24) is 20.1 Å². The van der Waals surface area contributed by atoms with Crippen molar-refractivity contribution in [3.8, 4) is 5.75 Å². The maximum absolute atomic E-state index is 6.17. The lowest BCUT2D eigenvalue weighted by Gasteiger charge is -2.32. The summed E-state index contributed by atoms with van der Waals surface area (Å²) in [6.07, 6.45) is 4.38. The molecule has 2 saturated heterocycles. The molecular weight excluding hydrogens is 328 g/mol. The molecule has 2 fully saturated rings. The molecule has 1 unspecified atom stereocenters. The summed E-state index contributed by atoms with van der Waals surface area (Å²) in [5, 5.41) is 4.44. The van der Waals surface area contributed by atoms with Crippen LogP contribution < -0.4 is 10.1 Å². The van der Waals surface area contributed by atoms with E-state index in [0.717, 1.165) is 50.3 Å². The molecule has 2 N–H and O–H groups in total. The Kier molecular flexibility index (Phi) is 5.75. The van der Waals surface area contributed by atoms with Crippen molar-refractivity contribution in [3.63, 3.8) is 0 Å². The molecule has 1 aromatic carbocycles. The summed E-state index contributed by atoms with van der Waals surface area (Å²) in [5.41, 5.74) is 2.50. The zero-order chi connectivity index (χ0) is 17.8. The van der Waals surface area contributed by atoms with Crippen molar-refractivity contribution >= 4 is 10.9 Å². The van der Waals surface area contributed by atoms with Crippen LogP contribution >= 0.6 is 0 Å². The number of hydrogen-bond acceptors (Lipinski definition) is 5. The van der Waals surface area contributed by atoms with Crippen LogP contribution in [0, 0.1) is 0 Å². The van der Waals surface area contributed by atoms with Crippen LogP contribution in [0.4, 0.5) is 0 Å². The Balaban J connectivity index is 1.42. The minimum absolute atomic E-state index is 0.180. The van der Waals surface area contributed by atoms with Crippen LogP contribution in [-0.4, -0.2) is 80.5 Å². The third-order valence-electron chi connectivity index (χ3n) is 5.53. The zero-order valence-electron chi connectivity index (χ0n) is 15.7. The Morgan fingerprint density at radius 2 is 2.12 bits per heavy atom. The monoisotopic (exact) mass is 358 g/mol. The Bertz CT molecular complexity index is 703. The number of benzene rings is 1. The first-order chi connectivity index (χ1) is 12.8. The maximum Gasteiger partial charge on any atom is 0.129 e. The fourth-order valence-corrected chi connectivity index (χ4v) is 3.80. The summed E-state index contributed by atoms with van der Waals surface area (Å²) < 4.78 is 11.9. The van der Waals surface area contributed by atoms with Gasteiger partial charge in [-0.1, -0.05) is 6.07 Å². The standard InChI is InChI=1S/C20H30N4O2/c1-23-9-11-24(12-10-23)8-6-16-13-22-18-3-2-4-19(20(16)18)25-14-17-5-7-21-15-26-17/h2-4,13,17,21-22H,5-12,14-15H2,1H3. The summed E-state index contributed by atoms with van der Waals surface area (Å²) in [6.45, 7) is 8.00. The Hall–Kier alpha value is -1.60. The SMILES string of the molecule is CN1CCN(CCc2c[nH]c3cccc(OCC4CCNCO4)c23)CC1. The molecule has 4 rings (SSSR count). The van der Waals surface area contributed by atoms with Crippen molar-refractivity contribution in [2.45, 2.75) is 18.9 Å². The van der Waals surface area contributed by atoms with Crippen LogP contribution in [0.3, 0.4) is 0 Å². The average Bonchev–Trinajstić information content (AvgIpc) is 3.10. The van der Waals surface area contributed by atoms with Gasteiger partial charge < -0.3 is 24.3 Å². The molecule has 1 aromatic heterocycles. The van der Waals surface area contributed by atoms with E-state index in [1.807, 2.05) is 0 Å². The van der Waals surface area contributed by atoms with Gasteiger partial charge >= 0.3 is 0 Å². The summed E-state index contributed by atoms with van der Waals surface area (Å²) in [6, 6.07) is 6.26. The number of piperazine rings is 1. The number of H-pyrrole nitrogens is 1. The fourth-order valence-electron chi connectivity index (χ4n) is 3.80. The van der Waals surface area contributed by atoms with Crippen molar-refractivity contribution in [2.75, 3.05) is 59.7 Å². The molecule has 6 heteroatoms. The number of nitrogens with one attached hydrogen (secondary N) is 2. The molecule has 0 amide bonds. The lowest BCUT2D eigenvalue weighted by atomic mass is 10.1. The summed E-state index contributed by atoms with van der Waals surface area (Å²) in [4.78, 5) is 8.37. The van der Waals surface area contributed by atoms with E-state index in [0.29, 0.717) is 13.3 Å². The first-order valence-electron chi connectivity index (χ1n) is 9.74. The number of aromatic nitrogens is 1. The molecule has 0 aliphatic carbocycles. The number of likely N-dealkylation sites (N-methyl/N-ethyl adjacent to an activating group) is 1. The average molecular weight is 358 g/mol. The predicted octanol–water partition coefficient (Wildman–Crippen LogP) is 1.67. The summed E-state index contributed by atoms with van der Waals surface area (Å²) in [5.74, 6) is 0.972. The van der Waals surface area contributed by atoms with Gasteiger partial charge in [0, 0.05) is 49.8 Å². The van der Waals surface area contributed by atoms with Gasteiger partial charge in [-0.25, -0.2) is 0 Å². The van der Waals surface area contributed by atoms with Gasteiger partial charge in [0.15, 0.2) is 0 Å². The van der Waals surface area contributed by atoms with Crippen LogP contribution in [0.25, 0.3) is 10.9 Å². The van der Waals surface area contributed by atoms with E-state index in [9.17, 15) is 0 Å². The van der Waals surface area contributed by atoms with E-state index in [4.69, 9.17) is 9.47 Å². The van der Waals surface area contributed by atoms with E-state index >= 15 is 0 Å². The topological polar surface area (TPSA) is 52.8 Å². The highest BCUT2D eigenvalue weighted by atomic mass is 16.5. The van der Waals surface area contributed by atoms with Gasteiger partial charge in [0.2, 0.25) is 0 Å². The Morgan fingerprint density at radius 3 is 2.92 bits per heavy atom. The van der Waals surface area contributed by atoms with Gasteiger partial charge in [0.05, 0.1) is 12.8 Å². The normalized spacial score (nSPS) is 22.7. The highest BCUT2D eigenvalue weighted by Gasteiger charge is 2.17. The van der Waals surface area contributed by atoms with Crippen molar-refractivity contribution < 1.29 is 9.47 Å². The van der Waals surface area contributed by atoms with Gasteiger partial charge in [0.25, 0.3) is 0 Å². The molecule has 3 heterocycles. The molecule has 1 atom stereocenters. The molecule has 0 bridgehead atoms. The predicted molar refractivity (Wildman–Crippen MR) is 104 cm³/mol. The maximum atomic E-state index is 6.17. The lowest BCUT2D eigenvalue weighted by Crippen LogP contribution is -2.45. The van der Waals surface area contributed by atoms with Crippen molar-refractivity contribution in [1.29, 1.82) is 0 Å². The van der Waals surface area contributed by atoms with E-state index in [-0.39, 0.29) is 6.10 Å². The zero-order valence-corrected chi connectivity index (χ0v) is 15.7. The van der Waals surface area contributed by atoms with E-state index < -0.39 is 0 Å².